The van der Waals surface area contributed by atoms with Gasteiger partial charge in [-0.2, -0.15) is 0 Å². The Morgan fingerprint density at radius 3 is 2.04 bits per heavy atom. The van der Waals surface area contributed by atoms with Gasteiger partial charge in [-0.05, 0) is 42.6 Å². The van der Waals surface area contributed by atoms with Gasteiger partial charge in [0.05, 0.1) is 11.0 Å². The third-order valence-electron chi connectivity index (χ3n) is 4.62. The summed E-state index contributed by atoms with van der Waals surface area (Å²) >= 11 is 0. The van der Waals surface area contributed by atoms with Gasteiger partial charge in [-0.15, -0.1) is 0 Å². The summed E-state index contributed by atoms with van der Waals surface area (Å²) in [5.41, 5.74) is 2.13. The molecule has 0 radical (unpaired) electrons. The van der Waals surface area contributed by atoms with E-state index in [4.69, 9.17) is 9.47 Å². The second-order valence-corrected chi connectivity index (χ2v) is 6.46. The van der Waals surface area contributed by atoms with Gasteiger partial charge in [0, 0.05) is 42.6 Å². The number of rotatable bonds is 3. The number of fused-ring (bicyclic) bond motifs is 5. The fraction of sp³-hybridized carbons (Fsp3) is 0.182. The molecule has 0 saturated heterocycles. The van der Waals surface area contributed by atoms with E-state index in [2.05, 4.69) is 17.6 Å². The lowest BCUT2D eigenvalue weighted by molar-refractivity contribution is -0.132. The van der Waals surface area contributed by atoms with Crippen molar-refractivity contribution in [3.05, 3.63) is 48.5 Å². The van der Waals surface area contributed by atoms with Crippen LogP contribution >= 0.6 is 0 Å². The Labute approximate surface area is 156 Å². The van der Waals surface area contributed by atoms with Gasteiger partial charge in [-0.1, -0.05) is 12.1 Å². The number of hydrogen-bond donors (Lipinski definition) is 0. The molecule has 0 aliphatic rings. The van der Waals surface area contributed by atoms with Crippen LogP contribution in [0, 0.1) is 0 Å². The number of nitrogens with zero attached hydrogens (tertiary/aromatic N) is 1. The fourth-order valence-electron chi connectivity index (χ4n) is 3.67. The zero-order chi connectivity index (χ0) is 19.1. The lowest BCUT2D eigenvalue weighted by Gasteiger charge is -2.08. The summed E-state index contributed by atoms with van der Waals surface area (Å²) in [5.74, 6) is 0.396. The molecule has 27 heavy (non-hydrogen) atoms. The molecule has 0 atom stereocenters. The molecule has 0 N–H and O–H groups in total. The van der Waals surface area contributed by atoms with E-state index in [0.717, 1.165) is 39.1 Å². The van der Waals surface area contributed by atoms with Crippen LogP contribution in [-0.4, -0.2) is 16.5 Å². The van der Waals surface area contributed by atoms with Crippen LogP contribution in [-0.2, 0) is 16.1 Å². The van der Waals surface area contributed by atoms with E-state index >= 15 is 0 Å². The minimum Gasteiger partial charge on any atom is -0.427 e. The van der Waals surface area contributed by atoms with Crippen molar-refractivity contribution in [3.8, 4) is 11.5 Å². The van der Waals surface area contributed by atoms with Crippen LogP contribution in [0.4, 0.5) is 0 Å². The monoisotopic (exact) mass is 361 g/mol. The Kier molecular flexibility index (Phi) is 4.07. The smallest absolute Gasteiger partial charge is 0.308 e. The molecule has 4 rings (SSSR count). The van der Waals surface area contributed by atoms with Crippen LogP contribution in [0.5, 0.6) is 11.5 Å². The van der Waals surface area contributed by atoms with E-state index in [1.165, 1.54) is 13.8 Å². The zero-order valence-electron chi connectivity index (χ0n) is 15.4. The summed E-state index contributed by atoms with van der Waals surface area (Å²) in [5, 5.41) is 4.32. The molecule has 136 valence electrons. The highest BCUT2D eigenvalue weighted by molar-refractivity contribution is 6.18. The van der Waals surface area contributed by atoms with Crippen molar-refractivity contribution >= 4 is 44.5 Å². The molecule has 5 nitrogen and oxygen atoms in total. The standard InChI is InChI=1S/C22H19NO4/c1-4-23-21-12-17(27-14(3)25)7-10-19(21)20-8-5-15-11-16(26-13(2)24)6-9-18(15)22(20)23/h5-12H,4H2,1-3H3. The Bertz CT molecular complexity index is 1220. The predicted octanol–water partition coefficient (Wildman–Crippen LogP) is 4.82. The topological polar surface area (TPSA) is 57.5 Å². The summed E-state index contributed by atoms with van der Waals surface area (Å²) in [7, 11) is 0. The highest BCUT2D eigenvalue weighted by atomic mass is 16.5. The lowest BCUT2D eigenvalue weighted by Crippen LogP contribution is -2.01. The SMILES string of the molecule is CCn1c2cc(OC(C)=O)ccc2c2ccc3cc(OC(C)=O)ccc3c21. The highest BCUT2D eigenvalue weighted by Gasteiger charge is 2.14. The summed E-state index contributed by atoms with van der Waals surface area (Å²) in [6.45, 7) is 5.65. The number of esters is 2. The fourth-order valence-corrected chi connectivity index (χ4v) is 3.67. The van der Waals surface area contributed by atoms with E-state index in [9.17, 15) is 9.59 Å². The van der Waals surface area contributed by atoms with Gasteiger partial charge in [0.25, 0.3) is 0 Å². The molecule has 1 aromatic heterocycles. The molecule has 0 aliphatic heterocycles. The van der Waals surface area contributed by atoms with Crippen molar-refractivity contribution in [2.45, 2.75) is 27.3 Å². The molecule has 0 amide bonds. The number of carbonyl (C=O) groups excluding carboxylic acids is 2. The van der Waals surface area contributed by atoms with Crippen molar-refractivity contribution < 1.29 is 19.1 Å². The van der Waals surface area contributed by atoms with Gasteiger partial charge >= 0.3 is 11.9 Å². The van der Waals surface area contributed by atoms with Crippen LogP contribution < -0.4 is 9.47 Å². The summed E-state index contributed by atoms with van der Waals surface area (Å²) in [6, 6.07) is 15.5. The molecule has 0 fully saturated rings. The maximum atomic E-state index is 11.3. The number of hydrogen-bond acceptors (Lipinski definition) is 4. The molecule has 1 heterocycles. The van der Waals surface area contributed by atoms with Crippen LogP contribution in [0.1, 0.15) is 20.8 Å². The lowest BCUT2D eigenvalue weighted by atomic mass is 10.1. The molecule has 0 saturated carbocycles. The number of aromatic nitrogens is 1. The second-order valence-electron chi connectivity index (χ2n) is 6.46. The maximum absolute atomic E-state index is 11.3. The summed E-state index contributed by atoms with van der Waals surface area (Å²) < 4.78 is 12.7. The van der Waals surface area contributed by atoms with E-state index in [0.29, 0.717) is 11.5 Å². The zero-order valence-corrected chi connectivity index (χ0v) is 15.4. The molecule has 3 aromatic carbocycles. The Hall–Kier alpha value is -3.34. The molecule has 0 aliphatic carbocycles. The Morgan fingerprint density at radius 2 is 1.41 bits per heavy atom. The van der Waals surface area contributed by atoms with E-state index in [-0.39, 0.29) is 11.9 Å². The first-order valence-corrected chi connectivity index (χ1v) is 8.83. The van der Waals surface area contributed by atoms with Gasteiger partial charge < -0.3 is 14.0 Å². The Balaban J connectivity index is 2.01. The first-order valence-electron chi connectivity index (χ1n) is 8.83. The van der Waals surface area contributed by atoms with Crippen LogP contribution in [0.3, 0.4) is 0 Å². The molecule has 5 heteroatoms. The number of benzene rings is 3. The first kappa shape index (κ1) is 17.1. The van der Waals surface area contributed by atoms with Crippen molar-refractivity contribution in [2.24, 2.45) is 0 Å². The molecule has 0 unspecified atom stereocenters. The average Bonchev–Trinajstić information content (AvgIpc) is 2.93. The van der Waals surface area contributed by atoms with Gasteiger partial charge in [0.15, 0.2) is 0 Å². The molecule has 0 bridgehead atoms. The van der Waals surface area contributed by atoms with E-state index < -0.39 is 0 Å². The number of ether oxygens (including phenoxy) is 2. The third-order valence-corrected chi connectivity index (χ3v) is 4.62. The largest absolute Gasteiger partial charge is 0.427 e. The van der Waals surface area contributed by atoms with Crippen LogP contribution in [0.15, 0.2) is 48.5 Å². The third kappa shape index (κ3) is 2.91. The van der Waals surface area contributed by atoms with Crippen molar-refractivity contribution in [3.63, 3.8) is 0 Å². The van der Waals surface area contributed by atoms with Crippen molar-refractivity contribution in [2.75, 3.05) is 0 Å². The number of aryl methyl sites for hydroxylation is 1. The summed E-state index contributed by atoms with van der Waals surface area (Å²) in [6.07, 6.45) is 0. The summed E-state index contributed by atoms with van der Waals surface area (Å²) in [4.78, 5) is 22.5. The van der Waals surface area contributed by atoms with Crippen LogP contribution in [0.2, 0.25) is 0 Å². The molecule has 0 spiro atoms. The Morgan fingerprint density at radius 1 is 0.815 bits per heavy atom. The van der Waals surface area contributed by atoms with Crippen molar-refractivity contribution in [1.82, 2.24) is 4.57 Å². The van der Waals surface area contributed by atoms with Gasteiger partial charge in [0.2, 0.25) is 0 Å². The highest BCUT2D eigenvalue weighted by Crippen LogP contribution is 2.36. The predicted molar refractivity (Wildman–Crippen MR) is 105 cm³/mol. The van der Waals surface area contributed by atoms with Gasteiger partial charge in [-0.25, -0.2) is 0 Å². The van der Waals surface area contributed by atoms with Gasteiger partial charge in [-0.3, -0.25) is 9.59 Å². The average molecular weight is 361 g/mol. The molecular formula is C22H19NO4. The molecule has 4 aromatic rings. The maximum Gasteiger partial charge on any atom is 0.308 e. The van der Waals surface area contributed by atoms with E-state index in [1.807, 2.05) is 42.5 Å². The minimum absolute atomic E-state index is 0.336. The quantitative estimate of drug-likeness (QED) is 0.388. The molecular weight excluding hydrogens is 342 g/mol. The first-order chi connectivity index (χ1) is 13.0. The van der Waals surface area contributed by atoms with Crippen LogP contribution in [0.25, 0.3) is 32.6 Å². The normalized spacial score (nSPS) is 11.2. The second kappa shape index (κ2) is 6.43. The minimum atomic E-state index is -0.337. The van der Waals surface area contributed by atoms with Crippen molar-refractivity contribution in [1.29, 1.82) is 0 Å². The number of carbonyl (C=O) groups is 2. The van der Waals surface area contributed by atoms with E-state index in [1.54, 1.807) is 0 Å². The van der Waals surface area contributed by atoms with Gasteiger partial charge in [0.1, 0.15) is 11.5 Å².